The second-order valence-corrected chi connectivity index (χ2v) is 134. The third kappa shape index (κ3) is 8.83. The van der Waals surface area contributed by atoms with Gasteiger partial charge in [-0.15, -0.1) is 0 Å². The first-order valence-electron chi connectivity index (χ1n) is 23.8. The summed E-state index contributed by atoms with van der Waals surface area (Å²) in [5, 5.41) is 0. The molecule has 0 fully saturated rings. The van der Waals surface area contributed by atoms with Crippen molar-refractivity contribution in [1.82, 2.24) is 39.9 Å². The molecular formula is C48H72N8NiS8Sn4. The van der Waals surface area contributed by atoms with Crippen LogP contribution in [0.15, 0.2) is 19.6 Å². The molecule has 0 atom stereocenters. The van der Waals surface area contributed by atoms with Gasteiger partial charge in [-0.25, -0.2) is 0 Å². The summed E-state index contributed by atoms with van der Waals surface area (Å²) in [7, 11) is 17.7. The maximum atomic E-state index is 5.72. The van der Waals surface area contributed by atoms with Crippen molar-refractivity contribution in [3.63, 3.8) is 0 Å². The number of fused-ring (bicyclic) bond motifs is 2. The Morgan fingerprint density at radius 1 is 0.261 bits per heavy atom. The Balaban J connectivity index is 0.00000642. The Morgan fingerprint density at radius 3 is 0.565 bits per heavy atom. The van der Waals surface area contributed by atoms with Crippen LogP contribution in [0.4, 0.5) is 0 Å². The fourth-order valence-electron chi connectivity index (χ4n) is 11.5. The predicted molar refractivity (Wildman–Crippen MR) is 318 cm³/mol. The van der Waals surface area contributed by atoms with Crippen molar-refractivity contribution in [1.29, 1.82) is 0 Å². The summed E-state index contributed by atoms with van der Waals surface area (Å²) in [5.74, 6) is 3.10. The van der Waals surface area contributed by atoms with Crippen LogP contribution in [-0.4, -0.2) is 92.3 Å². The summed E-state index contributed by atoms with van der Waals surface area (Å²) in [5.41, 5.74) is 3.10. The molecule has 9 heterocycles. The van der Waals surface area contributed by atoms with Gasteiger partial charge in [0.2, 0.25) is 0 Å². The van der Waals surface area contributed by atoms with E-state index in [1.807, 2.05) is 0 Å². The fraction of sp³-hybridized carbons (Fsp3) is 0.667. The minimum Gasteiger partial charge on any atom is 2.00 e. The molecule has 9 rings (SSSR count). The zero-order chi connectivity index (χ0) is 50.6. The van der Waals surface area contributed by atoms with Crippen LogP contribution >= 0.6 is 71.6 Å². The summed E-state index contributed by atoms with van der Waals surface area (Å²) in [6.45, 7) is 60.8. The van der Waals surface area contributed by atoms with Gasteiger partial charge in [-0.1, -0.05) is 0 Å². The zero-order valence-corrected chi connectivity index (χ0v) is 64.1. The van der Waals surface area contributed by atoms with Gasteiger partial charge in [0.05, 0.1) is 0 Å². The molecule has 0 saturated heterocycles. The van der Waals surface area contributed by atoms with Crippen LogP contribution in [0, 0.1) is 0 Å². The number of nitrogens with zero attached hydrogens (tertiary/aromatic N) is 8. The topological polar surface area (TPSA) is 106 Å². The molecule has 21 heteroatoms. The van der Waals surface area contributed by atoms with Gasteiger partial charge in [0, 0.05) is 0 Å². The van der Waals surface area contributed by atoms with Crippen LogP contribution in [0.2, 0.25) is 27.4 Å². The molecule has 8 nitrogen and oxygen atoms in total. The molecule has 0 aromatic carbocycles. The maximum absolute atomic E-state index is 5.72. The summed E-state index contributed by atoms with van der Waals surface area (Å²) in [6.07, 6.45) is 0. The minimum atomic E-state index is -3.83. The Morgan fingerprint density at radius 2 is 0.420 bits per heavy atom. The number of rotatable bonds is 0. The largest absolute Gasteiger partial charge is 2.00 e. The Hall–Kier alpha value is 2.81. The van der Waals surface area contributed by atoms with E-state index in [1.54, 1.807) is 0 Å². The predicted octanol–water partition coefficient (Wildman–Crippen LogP) is 18.3. The molecule has 8 bridgehead atoms. The molecule has 0 unspecified atom stereocenters. The number of hydrogen-bond acceptors (Lipinski definition) is 14. The van der Waals surface area contributed by atoms with Crippen LogP contribution in [0.3, 0.4) is 0 Å². The number of aromatic nitrogens is 8. The smallest absolute Gasteiger partial charge is 2.00 e. The maximum Gasteiger partial charge on any atom is 2.00 e. The van der Waals surface area contributed by atoms with E-state index in [9.17, 15) is 0 Å². The van der Waals surface area contributed by atoms with E-state index in [4.69, 9.17) is 39.9 Å². The van der Waals surface area contributed by atoms with Gasteiger partial charge in [-0.05, 0) is 0 Å². The van der Waals surface area contributed by atoms with Crippen LogP contribution in [0.25, 0.3) is 42.2 Å². The van der Waals surface area contributed by atoms with Crippen molar-refractivity contribution in [2.24, 2.45) is 0 Å². The van der Waals surface area contributed by atoms with Gasteiger partial charge in [0.1, 0.15) is 0 Å². The third-order valence-corrected chi connectivity index (χ3v) is 179. The number of hydrogen-bond donors (Lipinski definition) is 0. The summed E-state index contributed by atoms with van der Waals surface area (Å²) in [4.78, 5) is 55.4. The van der Waals surface area contributed by atoms with E-state index in [1.165, 1.54) is 39.2 Å². The molecule has 0 amide bonds. The van der Waals surface area contributed by atoms with Gasteiger partial charge in [-0.3, -0.25) is 0 Å². The zero-order valence-electron chi connectivity index (χ0n) is 45.2. The van der Waals surface area contributed by atoms with Crippen molar-refractivity contribution in [3.05, 3.63) is 23.3 Å². The van der Waals surface area contributed by atoms with Crippen LogP contribution in [0.1, 0.15) is 189 Å². The monoisotopic (exact) mass is 1550 g/mol. The standard InChI is InChI=1S/C16H8N8S8.8C4H9.Ni.4Sn/c25-1-2(26)10-17-9(1)21-11-3(27)4(28)13(18-11)23-15-7(31)8(32)16(20-15)24-14-6(30)5(29)12(19-14)22-10;8*1-4(2)3;;;;;/h(H8-2,17,18,19,20,21,22,23,24,25,26,27,28,29,30,31,32);8*1-3H3;;;;;/q-2;;;;;;;;;5*+2/p-8. The molecule has 0 saturated carbocycles. The van der Waals surface area contributed by atoms with Gasteiger partial charge in [0.25, 0.3) is 0 Å². The van der Waals surface area contributed by atoms with E-state index in [2.05, 4.69) is 238 Å². The first kappa shape index (κ1) is 58.0. The van der Waals surface area contributed by atoms with Crippen molar-refractivity contribution < 1.29 is 16.5 Å². The molecule has 378 valence electrons. The Labute approximate surface area is 461 Å². The SMILES string of the molecule is C[C](C)(C)[Sn]1([C](C)(C)C)[S]C2=C3[S][Sn]([C](C)(C)C)([C](C)(C)C)[S]c4c5c6nc7nc8nc9[n-]c(nc2nc3nc4[n-]6)c(c9[S][Sn]([C](C)(C)C)([C](C)(C)C)[S]C8=C7[S][Sn]([C](C)(C)C)([C](C)(C)C)[S]5)[S]1.[Ni+2]. The second kappa shape index (κ2) is 17.9. The molecule has 3 aromatic heterocycles. The summed E-state index contributed by atoms with van der Waals surface area (Å²) < 4.78 is 0.130. The summed E-state index contributed by atoms with van der Waals surface area (Å²) >= 11 is -15.3. The Kier molecular flexibility index (Phi) is 15.0. The van der Waals surface area contributed by atoms with Crippen LogP contribution in [-0.2, 0) is 16.5 Å². The second-order valence-electron chi connectivity index (χ2n) is 27.4. The normalized spacial score (nSPS) is 21.1. The molecule has 3 aromatic rings. The molecule has 69 heavy (non-hydrogen) atoms. The average molecular weight is 1550 g/mol. The summed E-state index contributed by atoms with van der Waals surface area (Å²) in [6, 6.07) is 0. The average Bonchev–Trinajstić information content (AvgIpc) is 3.76. The molecule has 0 radical (unpaired) electrons. The molecule has 6 aliphatic heterocycles. The van der Waals surface area contributed by atoms with Crippen LogP contribution < -0.4 is 9.97 Å². The van der Waals surface area contributed by atoms with Gasteiger partial charge >= 0.3 is 469 Å². The molecule has 0 aliphatic carbocycles. The van der Waals surface area contributed by atoms with Gasteiger partial charge in [-0.2, -0.15) is 0 Å². The van der Waals surface area contributed by atoms with Crippen molar-refractivity contribution in [2.45, 2.75) is 213 Å². The van der Waals surface area contributed by atoms with Crippen molar-refractivity contribution in [2.75, 3.05) is 0 Å². The minimum absolute atomic E-state index is 0. The first-order chi connectivity index (χ1) is 30.6. The molecule has 6 aliphatic rings. The van der Waals surface area contributed by atoms with Crippen molar-refractivity contribution in [3.8, 4) is 0 Å². The first-order valence-corrected chi connectivity index (χ1v) is 69.8. The van der Waals surface area contributed by atoms with Crippen molar-refractivity contribution >= 4 is 176 Å². The van der Waals surface area contributed by atoms with E-state index < -0.39 is 62.4 Å². The molecule has 0 spiro atoms. The Bertz CT molecular complexity index is 2490. The van der Waals surface area contributed by atoms with Gasteiger partial charge < -0.3 is 0 Å². The fourth-order valence-corrected chi connectivity index (χ4v) is 147. The van der Waals surface area contributed by atoms with E-state index in [0.717, 1.165) is 45.9 Å². The van der Waals surface area contributed by atoms with E-state index in [0.29, 0.717) is 0 Å². The third-order valence-electron chi connectivity index (χ3n) is 14.0. The van der Waals surface area contributed by atoms with E-state index in [-0.39, 0.29) is 43.9 Å². The van der Waals surface area contributed by atoms with Crippen LogP contribution in [0.5, 0.6) is 0 Å². The molecule has 0 N–H and O–H groups in total. The van der Waals surface area contributed by atoms with Gasteiger partial charge in [0.15, 0.2) is 0 Å². The quantitative estimate of drug-likeness (QED) is 0.199. The molecular weight excluding hydrogens is 1480 g/mol. The van der Waals surface area contributed by atoms with E-state index >= 15 is 0 Å².